The van der Waals surface area contributed by atoms with Crippen LogP contribution in [0.2, 0.25) is 0 Å². The van der Waals surface area contributed by atoms with Crippen molar-refractivity contribution in [1.29, 1.82) is 0 Å². The van der Waals surface area contributed by atoms with Crippen LogP contribution in [0.5, 0.6) is 5.75 Å². The summed E-state index contributed by atoms with van der Waals surface area (Å²) >= 11 is 0. The lowest BCUT2D eigenvalue weighted by molar-refractivity contribution is 0.395. The lowest BCUT2D eigenvalue weighted by Gasteiger charge is -2.10. The van der Waals surface area contributed by atoms with E-state index in [0.717, 1.165) is 17.6 Å². The zero-order valence-corrected chi connectivity index (χ0v) is 10.5. The fraction of sp³-hybridized carbons (Fsp3) is 0.467. The van der Waals surface area contributed by atoms with Crippen LogP contribution in [0.25, 0.3) is 5.57 Å². The number of hydrogen-bond donors (Lipinski definition) is 0. The molecule has 1 fully saturated rings. The van der Waals surface area contributed by atoms with Crippen LogP contribution in [-0.4, -0.2) is 32.1 Å². The summed E-state index contributed by atoms with van der Waals surface area (Å²) in [5.41, 5.74) is 2.89. The highest BCUT2D eigenvalue weighted by atomic mass is 16.5. The molecule has 0 amide bonds. The van der Waals surface area contributed by atoms with Crippen molar-refractivity contribution in [3.63, 3.8) is 0 Å². The normalized spacial score (nSPS) is 28.0. The Morgan fingerprint density at radius 2 is 1.94 bits per heavy atom. The molecule has 17 heavy (non-hydrogen) atoms. The summed E-state index contributed by atoms with van der Waals surface area (Å²) in [5.74, 6) is 2.56. The maximum atomic E-state index is 5.19. The number of hydrogen-bond acceptors (Lipinski definition) is 2. The van der Waals surface area contributed by atoms with Crippen molar-refractivity contribution in [3.8, 4) is 5.75 Å². The van der Waals surface area contributed by atoms with E-state index in [1.807, 2.05) is 0 Å². The molecule has 1 saturated heterocycles. The molecule has 1 aliphatic heterocycles. The van der Waals surface area contributed by atoms with Gasteiger partial charge in [-0.15, -0.1) is 0 Å². The second kappa shape index (κ2) is 4.19. The molecule has 0 aromatic heterocycles. The molecule has 1 aromatic rings. The first-order valence-electron chi connectivity index (χ1n) is 6.30. The second-order valence-corrected chi connectivity index (χ2v) is 5.27. The SMILES string of the molecule is COc1ccc(C2=CC3CN(C)CC3C2)cc1. The van der Waals surface area contributed by atoms with Gasteiger partial charge in [-0.3, -0.25) is 0 Å². The van der Waals surface area contributed by atoms with Gasteiger partial charge < -0.3 is 9.64 Å². The Bertz CT molecular complexity index is 435. The molecule has 0 N–H and O–H groups in total. The molecule has 2 atom stereocenters. The van der Waals surface area contributed by atoms with Crippen molar-refractivity contribution in [2.45, 2.75) is 6.42 Å². The van der Waals surface area contributed by atoms with Crippen LogP contribution in [0.4, 0.5) is 0 Å². The van der Waals surface area contributed by atoms with Crippen molar-refractivity contribution in [2.24, 2.45) is 11.8 Å². The summed E-state index contributed by atoms with van der Waals surface area (Å²) in [7, 11) is 3.93. The van der Waals surface area contributed by atoms with Crippen molar-refractivity contribution in [1.82, 2.24) is 4.90 Å². The van der Waals surface area contributed by atoms with Crippen molar-refractivity contribution in [2.75, 3.05) is 27.2 Å². The molecule has 0 spiro atoms. The third-order valence-corrected chi connectivity index (χ3v) is 4.03. The van der Waals surface area contributed by atoms with Gasteiger partial charge in [-0.05, 0) is 48.6 Å². The Kier molecular flexibility index (Phi) is 2.67. The maximum absolute atomic E-state index is 5.19. The fourth-order valence-electron chi connectivity index (χ4n) is 3.15. The van der Waals surface area contributed by atoms with Crippen LogP contribution in [0.1, 0.15) is 12.0 Å². The van der Waals surface area contributed by atoms with Crippen LogP contribution >= 0.6 is 0 Å². The molecule has 0 radical (unpaired) electrons. The minimum atomic E-state index is 0.775. The summed E-state index contributed by atoms with van der Waals surface area (Å²) in [5, 5.41) is 0. The fourth-order valence-corrected chi connectivity index (χ4v) is 3.15. The third-order valence-electron chi connectivity index (χ3n) is 4.03. The van der Waals surface area contributed by atoms with Crippen molar-refractivity contribution in [3.05, 3.63) is 35.9 Å². The van der Waals surface area contributed by atoms with Crippen LogP contribution in [0.15, 0.2) is 30.3 Å². The highest BCUT2D eigenvalue weighted by Gasteiger charge is 2.34. The molecule has 2 heteroatoms. The zero-order valence-electron chi connectivity index (χ0n) is 10.5. The molecule has 0 saturated carbocycles. The molecule has 2 nitrogen and oxygen atoms in total. The van der Waals surface area contributed by atoms with E-state index in [9.17, 15) is 0 Å². The minimum Gasteiger partial charge on any atom is -0.497 e. The van der Waals surface area contributed by atoms with E-state index in [0.29, 0.717) is 0 Å². The minimum absolute atomic E-state index is 0.775. The largest absolute Gasteiger partial charge is 0.497 e. The first-order chi connectivity index (χ1) is 8.26. The average molecular weight is 229 g/mol. The summed E-state index contributed by atoms with van der Waals surface area (Å²) in [4.78, 5) is 2.44. The van der Waals surface area contributed by atoms with Crippen LogP contribution in [0.3, 0.4) is 0 Å². The molecule has 2 unspecified atom stereocenters. The molecule has 3 rings (SSSR count). The quantitative estimate of drug-likeness (QED) is 0.773. The molecule has 1 aromatic carbocycles. The lowest BCUT2D eigenvalue weighted by Crippen LogP contribution is -2.14. The predicted octanol–water partition coefficient (Wildman–Crippen LogP) is 2.66. The molecular weight excluding hydrogens is 210 g/mol. The third kappa shape index (κ3) is 1.98. The van der Waals surface area contributed by atoms with Gasteiger partial charge in [0, 0.05) is 13.1 Å². The van der Waals surface area contributed by atoms with Gasteiger partial charge in [0.25, 0.3) is 0 Å². The van der Waals surface area contributed by atoms with Gasteiger partial charge in [-0.25, -0.2) is 0 Å². The molecule has 2 aliphatic rings. The second-order valence-electron chi connectivity index (χ2n) is 5.27. The Morgan fingerprint density at radius 3 is 2.59 bits per heavy atom. The average Bonchev–Trinajstić information content (AvgIpc) is 2.86. The Hall–Kier alpha value is -1.28. The van der Waals surface area contributed by atoms with Gasteiger partial charge >= 0.3 is 0 Å². The summed E-state index contributed by atoms with van der Waals surface area (Å²) in [6, 6.07) is 8.46. The van der Waals surface area contributed by atoms with Crippen LogP contribution < -0.4 is 4.74 Å². The Balaban J connectivity index is 1.79. The van der Waals surface area contributed by atoms with Gasteiger partial charge in [-0.2, -0.15) is 0 Å². The molecular formula is C15H19NO. The number of fused-ring (bicyclic) bond motifs is 1. The Morgan fingerprint density at radius 1 is 1.18 bits per heavy atom. The number of rotatable bonds is 2. The topological polar surface area (TPSA) is 12.5 Å². The van der Waals surface area contributed by atoms with E-state index in [4.69, 9.17) is 4.74 Å². The van der Waals surface area contributed by atoms with E-state index >= 15 is 0 Å². The number of ether oxygens (including phenoxy) is 1. The number of nitrogens with zero attached hydrogens (tertiary/aromatic N) is 1. The molecule has 90 valence electrons. The lowest BCUT2D eigenvalue weighted by atomic mass is 9.98. The van der Waals surface area contributed by atoms with Gasteiger partial charge in [0.05, 0.1) is 7.11 Å². The van der Waals surface area contributed by atoms with Crippen molar-refractivity contribution >= 4 is 5.57 Å². The summed E-state index contributed by atoms with van der Waals surface area (Å²) < 4.78 is 5.19. The van der Waals surface area contributed by atoms with E-state index in [1.54, 1.807) is 7.11 Å². The number of benzene rings is 1. The number of methoxy groups -OCH3 is 1. The van der Waals surface area contributed by atoms with E-state index in [-0.39, 0.29) is 0 Å². The van der Waals surface area contributed by atoms with E-state index < -0.39 is 0 Å². The molecule has 1 heterocycles. The zero-order chi connectivity index (χ0) is 11.8. The first kappa shape index (κ1) is 10.8. The van der Waals surface area contributed by atoms with Crippen LogP contribution in [0, 0.1) is 11.8 Å². The van der Waals surface area contributed by atoms with Gasteiger partial charge in [-0.1, -0.05) is 18.2 Å². The molecule has 1 aliphatic carbocycles. The van der Waals surface area contributed by atoms with Crippen molar-refractivity contribution < 1.29 is 4.74 Å². The highest BCUT2D eigenvalue weighted by molar-refractivity contribution is 5.68. The smallest absolute Gasteiger partial charge is 0.118 e. The van der Waals surface area contributed by atoms with Gasteiger partial charge in [0.2, 0.25) is 0 Å². The number of likely N-dealkylation sites (tertiary alicyclic amines) is 1. The van der Waals surface area contributed by atoms with E-state index in [2.05, 4.69) is 42.3 Å². The monoisotopic (exact) mass is 229 g/mol. The van der Waals surface area contributed by atoms with Gasteiger partial charge in [0.1, 0.15) is 5.75 Å². The highest BCUT2D eigenvalue weighted by Crippen LogP contribution is 2.40. The Labute approximate surface area is 103 Å². The predicted molar refractivity (Wildman–Crippen MR) is 70.1 cm³/mol. The number of allylic oxidation sites excluding steroid dienone is 1. The molecule has 0 bridgehead atoms. The van der Waals surface area contributed by atoms with E-state index in [1.165, 1.54) is 30.6 Å². The first-order valence-corrected chi connectivity index (χ1v) is 6.30. The maximum Gasteiger partial charge on any atom is 0.118 e. The van der Waals surface area contributed by atoms with Crippen LogP contribution in [-0.2, 0) is 0 Å². The standard InChI is InChI=1S/C15H19NO/c1-16-9-13-7-12(8-14(13)10-16)11-3-5-15(17-2)6-4-11/h3-7,13-14H,8-10H2,1-2H3. The summed E-state index contributed by atoms with van der Waals surface area (Å²) in [6.45, 7) is 2.48. The summed E-state index contributed by atoms with van der Waals surface area (Å²) in [6.07, 6.45) is 3.72. The van der Waals surface area contributed by atoms with Gasteiger partial charge in [0.15, 0.2) is 0 Å².